The van der Waals surface area contributed by atoms with Crippen molar-refractivity contribution in [1.29, 1.82) is 0 Å². The molecule has 0 radical (unpaired) electrons. The van der Waals surface area contributed by atoms with E-state index < -0.39 is 11.7 Å². The van der Waals surface area contributed by atoms with Crippen molar-refractivity contribution >= 4 is 17.5 Å². The lowest BCUT2D eigenvalue weighted by Crippen LogP contribution is -2.52. The van der Waals surface area contributed by atoms with E-state index in [1.54, 1.807) is 7.05 Å². The number of ether oxygens (including phenoxy) is 1. The number of hydrogen-bond acceptors (Lipinski definition) is 3. The van der Waals surface area contributed by atoms with Crippen LogP contribution in [0, 0.1) is 12.8 Å². The number of likely N-dealkylation sites (tertiary alicyclic amines) is 1. The van der Waals surface area contributed by atoms with E-state index in [1.807, 2.05) is 25.1 Å². The first-order chi connectivity index (χ1) is 13.7. The van der Waals surface area contributed by atoms with E-state index in [-0.39, 0.29) is 23.5 Å². The molecule has 0 unspecified atom stereocenters. The van der Waals surface area contributed by atoms with Gasteiger partial charge in [0, 0.05) is 31.7 Å². The molecule has 1 fully saturated rings. The molecule has 1 heterocycles. The maximum Gasteiger partial charge on any atom is 0.416 e. The summed E-state index contributed by atoms with van der Waals surface area (Å²) in [6.45, 7) is 4.07. The van der Waals surface area contributed by atoms with Crippen LogP contribution in [0.5, 0.6) is 5.75 Å². The smallest absolute Gasteiger partial charge is 0.416 e. The molecule has 1 aliphatic rings. The highest BCUT2D eigenvalue weighted by atomic mass is 35.5. The zero-order valence-corrected chi connectivity index (χ0v) is 16.9. The maximum absolute atomic E-state index is 12.9. The summed E-state index contributed by atoms with van der Waals surface area (Å²) >= 11 is 5.81. The van der Waals surface area contributed by atoms with Gasteiger partial charge in [-0.15, -0.1) is 0 Å². The van der Waals surface area contributed by atoms with Gasteiger partial charge in [0.2, 0.25) is 5.91 Å². The van der Waals surface area contributed by atoms with E-state index in [0.717, 1.165) is 42.9 Å². The minimum atomic E-state index is -4.45. The molecule has 4 nitrogen and oxygen atoms in total. The molecular weight excluding hydrogens is 405 g/mol. The Morgan fingerprint density at radius 1 is 1.21 bits per heavy atom. The van der Waals surface area contributed by atoms with E-state index in [0.29, 0.717) is 11.3 Å². The molecule has 0 saturated carbocycles. The number of alkyl halides is 3. The Bertz CT molecular complexity index is 896. The summed E-state index contributed by atoms with van der Waals surface area (Å²) in [7, 11) is 1.64. The largest absolute Gasteiger partial charge is 0.489 e. The molecule has 0 atom stereocenters. The molecular formula is C21H22ClF3N2O2. The normalized spacial score (nSPS) is 15.1. The van der Waals surface area contributed by atoms with E-state index in [9.17, 15) is 18.0 Å². The zero-order valence-electron chi connectivity index (χ0n) is 16.1. The van der Waals surface area contributed by atoms with Crippen LogP contribution in [0.1, 0.15) is 22.3 Å². The monoisotopic (exact) mass is 426 g/mol. The fraction of sp³-hybridized carbons (Fsp3) is 0.381. The van der Waals surface area contributed by atoms with Gasteiger partial charge in [0.15, 0.2) is 0 Å². The maximum atomic E-state index is 12.9. The van der Waals surface area contributed by atoms with Crippen LogP contribution in [-0.2, 0) is 24.1 Å². The number of nitrogens with one attached hydrogen (secondary N) is 1. The molecule has 2 aromatic carbocycles. The second-order valence-electron chi connectivity index (χ2n) is 7.24. The number of hydrogen-bond donors (Lipinski definition) is 1. The lowest BCUT2D eigenvalue weighted by Gasteiger charge is -2.38. The zero-order chi connectivity index (χ0) is 21.2. The van der Waals surface area contributed by atoms with Gasteiger partial charge >= 0.3 is 6.18 Å². The number of nitrogens with zero attached hydrogens (tertiary/aromatic N) is 1. The molecule has 8 heteroatoms. The fourth-order valence-corrected chi connectivity index (χ4v) is 3.62. The van der Waals surface area contributed by atoms with E-state index in [4.69, 9.17) is 16.3 Å². The van der Waals surface area contributed by atoms with Crippen molar-refractivity contribution in [3.05, 3.63) is 63.7 Å². The molecule has 1 amide bonds. The Balaban J connectivity index is 1.59. The Kier molecular flexibility index (Phi) is 6.39. The number of rotatable bonds is 6. The predicted octanol–water partition coefficient (Wildman–Crippen LogP) is 4.42. The van der Waals surface area contributed by atoms with Gasteiger partial charge in [0.05, 0.1) is 11.5 Å². The third-order valence-electron chi connectivity index (χ3n) is 4.90. The van der Waals surface area contributed by atoms with Crippen LogP contribution < -0.4 is 10.1 Å². The molecule has 0 aliphatic carbocycles. The Hall–Kier alpha value is -2.25. The molecule has 1 saturated heterocycles. The quantitative estimate of drug-likeness (QED) is 0.743. The van der Waals surface area contributed by atoms with E-state index >= 15 is 0 Å². The Morgan fingerprint density at radius 3 is 2.55 bits per heavy atom. The van der Waals surface area contributed by atoms with Gasteiger partial charge in [-0.1, -0.05) is 23.7 Å². The molecule has 1 N–H and O–H groups in total. The number of carbonyl (C=O) groups excluding carboxylic acids is 1. The molecule has 3 rings (SSSR count). The van der Waals surface area contributed by atoms with Crippen LogP contribution in [0.2, 0.25) is 5.02 Å². The fourth-order valence-electron chi connectivity index (χ4n) is 3.36. The van der Waals surface area contributed by atoms with Gasteiger partial charge in [-0.25, -0.2) is 0 Å². The van der Waals surface area contributed by atoms with Crippen LogP contribution in [0.15, 0.2) is 36.4 Å². The number of halogens is 4. The van der Waals surface area contributed by atoms with Gasteiger partial charge in [-0.2, -0.15) is 13.2 Å². The number of benzene rings is 2. The van der Waals surface area contributed by atoms with Crippen molar-refractivity contribution in [3.63, 3.8) is 0 Å². The van der Waals surface area contributed by atoms with Crippen molar-refractivity contribution in [2.75, 3.05) is 20.1 Å². The molecule has 0 bridgehead atoms. The van der Waals surface area contributed by atoms with Gasteiger partial charge < -0.3 is 10.1 Å². The van der Waals surface area contributed by atoms with Crippen LogP contribution in [0.4, 0.5) is 13.2 Å². The number of aryl methyl sites for hydroxylation is 1. The van der Waals surface area contributed by atoms with E-state index in [2.05, 4.69) is 10.2 Å². The van der Waals surface area contributed by atoms with Crippen LogP contribution >= 0.6 is 11.6 Å². The van der Waals surface area contributed by atoms with Gasteiger partial charge in [-0.05, 0) is 47.9 Å². The molecule has 1 aliphatic heterocycles. The highest BCUT2D eigenvalue weighted by molar-refractivity contribution is 6.30. The van der Waals surface area contributed by atoms with Crippen molar-refractivity contribution < 1.29 is 22.7 Å². The highest BCUT2D eigenvalue weighted by Gasteiger charge is 2.32. The van der Waals surface area contributed by atoms with Gasteiger partial charge in [0.1, 0.15) is 12.4 Å². The SMILES string of the molecule is CNC(=O)C1CN(Cc2ccc(OCc3cc(Cl)cc(C(F)(F)F)c3)c(C)c2)C1. The second-order valence-corrected chi connectivity index (χ2v) is 7.68. The first-order valence-corrected chi connectivity index (χ1v) is 9.56. The second kappa shape index (κ2) is 8.63. The van der Waals surface area contributed by atoms with Crippen LogP contribution in [-0.4, -0.2) is 30.9 Å². The molecule has 0 spiro atoms. The average molecular weight is 427 g/mol. The van der Waals surface area contributed by atoms with Crippen molar-refractivity contribution in [1.82, 2.24) is 10.2 Å². The average Bonchev–Trinajstić information content (AvgIpc) is 2.62. The topological polar surface area (TPSA) is 41.6 Å². The summed E-state index contributed by atoms with van der Waals surface area (Å²) in [6, 6.07) is 9.14. The van der Waals surface area contributed by atoms with Crippen molar-refractivity contribution in [2.45, 2.75) is 26.3 Å². The van der Waals surface area contributed by atoms with Crippen molar-refractivity contribution in [2.24, 2.45) is 5.92 Å². The van der Waals surface area contributed by atoms with Crippen molar-refractivity contribution in [3.8, 4) is 5.75 Å². The summed E-state index contributed by atoms with van der Waals surface area (Å²) in [5, 5.41) is 2.68. The molecule has 2 aromatic rings. The summed E-state index contributed by atoms with van der Waals surface area (Å²) in [5.74, 6) is 0.716. The summed E-state index contributed by atoms with van der Waals surface area (Å²) < 4.78 is 44.5. The standard InChI is InChI=1S/C21H22ClF3N2O2/c1-13-5-14(9-27-10-16(11-27)20(28)26-2)3-4-19(13)29-12-15-6-17(21(23,24)25)8-18(22)7-15/h3-8,16H,9-12H2,1-2H3,(H,26,28). The summed E-state index contributed by atoms with van der Waals surface area (Å²) in [6.07, 6.45) is -4.45. The van der Waals surface area contributed by atoms with E-state index in [1.165, 1.54) is 6.07 Å². The third kappa shape index (κ3) is 5.42. The minimum absolute atomic E-state index is 0.0102. The number of amides is 1. The predicted molar refractivity (Wildman–Crippen MR) is 105 cm³/mol. The lowest BCUT2D eigenvalue weighted by atomic mass is 9.98. The Morgan fingerprint density at radius 2 is 1.93 bits per heavy atom. The van der Waals surface area contributed by atoms with Crippen LogP contribution in [0.3, 0.4) is 0 Å². The first-order valence-electron chi connectivity index (χ1n) is 9.18. The van der Waals surface area contributed by atoms with Crippen LogP contribution in [0.25, 0.3) is 0 Å². The minimum Gasteiger partial charge on any atom is -0.489 e. The summed E-state index contributed by atoms with van der Waals surface area (Å²) in [5.41, 5.74) is 1.55. The lowest BCUT2D eigenvalue weighted by molar-refractivity contribution is -0.137. The van der Waals surface area contributed by atoms with Gasteiger partial charge in [0.25, 0.3) is 0 Å². The first kappa shape index (κ1) is 21.5. The number of carbonyl (C=O) groups is 1. The molecule has 29 heavy (non-hydrogen) atoms. The molecule has 156 valence electrons. The third-order valence-corrected chi connectivity index (χ3v) is 5.12. The summed E-state index contributed by atoms with van der Waals surface area (Å²) in [4.78, 5) is 13.7. The molecule has 0 aromatic heterocycles. The Labute approximate surface area is 172 Å². The van der Waals surface area contributed by atoms with Gasteiger partial charge in [-0.3, -0.25) is 9.69 Å². The highest BCUT2D eigenvalue weighted by Crippen LogP contribution is 2.32.